The Morgan fingerprint density at radius 3 is 2.18 bits per heavy atom. The van der Waals surface area contributed by atoms with Crippen molar-refractivity contribution in [1.29, 1.82) is 0 Å². The minimum atomic E-state index is -4.69. The summed E-state index contributed by atoms with van der Waals surface area (Å²) >= 11 is 0. The lowest BCUT2D eigenvalue weighted by Crippen LogP contribution is -2.28. The van der Waals surface area contributed by atoms with Gasteiger partial charge in [-0.25, -0.2) is 13.8 Å². The highest BCUT2D eigenvalue weighted by atomic mass is 32.2. The van der Waals surface area contributed by atoms with Crippen LogP contribution in [0.1, 0.15) is 22.8 Å². The number of fused-ring (bicyclic) bond motifs is 2. The number of amides is 1. The second kappa shape index (κ2) is 6.95. The maximum Gasteiger partial charge on any atom is 0.252 e. The van der Waals surface area contributed by atoms with Crippen molar-refractivity contribution in [2.45, 2.75) is 11.0 Å². The third-order valence-electron chi connectivity index (χ3n) is 4.16. The Hall–Kier alpha value is -3.43. The van der Waals surface area contributed by atoms with Gasteiger partial charge in [0.2, 0.25) is 5.09 Å². The molecule has 0 saturated heterocycles. The van der Waals surface area contributed by atoms with Gasteiger partial charge in [0.1, 0.15) is 17.3 Å². The molecule has 0 bridgehead atoms. The normalized spacial score (nSPS) is 13.6. The van der Waals surface area contributed by atoms with Crippen LogP contribution in [0.5, 0.6) is 11.5 Å². The van der Waals surface area contributed by atoms with Crippen molar-refractivity contribution in [1.82, 2.24) is 5.43 Å². The van der Waals surface area contributed by atoms with Crippen LogP contribution in [0.15, 0.2) is 75.3 Å². The molecule has 1 aliphatic heterocycles. The summed E-state index contributed by atoms with van der Waals surface area (Å²) in [6.45, 7) is 0. The molecule has 0 radical (unpaired) electrons. The van der Waals surface area contributed by atoms with Crippen LogP contribution in [0.4, 0.5) is 0 Å². The molecule has 0 spiro atoms. The molecule has 1 amide bonds. The zero-order valence-electron chi connectivity index (χ0n) is 14.2. The summed E-state index contributed by atoms with van der Waals surface area (Å²) in [4.78, 5) is 12.8. The first kappa shape index (κ1) is 18.0. The molecule has 4 rings (SSSR count). The number of para-hydroxylation sites is 2. The maximum atomic E-state index is 12.8. The molecule has 0 aliphatic carbocycles. The molecular weight excluding hydrogens is 384 g/mol. The number of carbonyl (C=O) groups excluding carboxylic acids is 1. The smallest absolute Gasteiger partial charge is 0.252 e. The second-order valence-electron chi connectivity index (χ2n) is 5.96. The van der Waals surface area contributed by atoms with Gasteiger partial charge in [-0.1, -0.05) is 36.4 Å². The fraction of sp³-hybridized carbons (Fsp3) is 0.0526. The van der Waals surface area contributed by atoms with Crippen LogP contribution in [-0.4, -0.2) is 25.1 Å². The van der Waals surface area contributed by atoms with Gasteiger partial charge in [0.15, 0.2) is 10.1 Å². The molecule has 1 aliphatic rings. The van der Waals surface area contributed by atoms with Crippen LogP contribution < -0.4 is 10.2 Å². The minimum Gasteiger partial charge on any atom is -0.742 e. The van der Waals surface area contributed by atoms with Crippen molar-refractivity contribution in [2.24, 2.45) is 5.10 Å². The summed E-state index contributed by atoms with van der Waals surface area (Å²) in [5.74, 6) is 0.154. The van der Waals surface area contributed by atoms with Crippen molar-refractivity contribution >= 4 is 22.2 Å². The van der Waals surface area contributed by atoms with Gasteiger partial charge in [0, 0.05) is 11.1 Å². The highest BCUT2D eigenvalue weighted by molar-refractivity contribution is 7.85. The fourth-order valence-electron chi connectivity index (χ4n) is 2.95. The number of nitrogens with zero attached hydrogens (tertiary/aromatic N) is 1. The topological polar surface area (TPSA) is 121 Å². The highest BCUT2D eigenvalue weighted by Gasteiger charge is 2.32. The van der Waals surface area contributed by atoms with Gasteiger partial charge in [-0.05, 0) is 24.3 Å². The van der Waals surface area contributed by atoms with Crippen LogP contribution in [0.25, 0.3) is 0 Å². The summed E-state index contributed by atoms with van der Waals surface area (Å²) < 4.78 is 43.4. The molecule has 142 valence electrons. The molecule has 3 aromatic rings. The summed E-state index contributed by atoms with van der Waals surface area (Å²) in [6, 6.07) is 16.7. The molecule has 28 heavy (non-hydrogen) atoms. The Labute approximate surface area is 160 Å². The van der Waals surface area contributed by atoms with E-state index in [1.54, 1.807) is 24.3 Å². The SMILES string of the molecule is O=C(NN=Cc1ccc(S(=O)(=O)[O-])o1)C1c2ccccc2Oc2ccccc21. The van der Waals surface area contributed by atoms with Crippen LogP contribution in [0.2, 0.25) is 0 Å². The Kier molecular flexibility index (Phi) is 4.46. The second-order valence-corrected chi connectivity index (χ2v) is 7.27. The number of hydrazone groups is 1. The van der Waals surface area contributed by atoms with Gasteiger partial charge in [-0.2, -0.15) is 5.10 Å². The van der Waals surface area contributed by atoms with Gasteiger partial charge in [0.05, 0.1) is 12.1 Å². The lowest BCUT2D eigenvalue weighted by atomic mass is 9.87. The molecule has 0 atom stereocenters. The standard InChI is InChI=1S/C19H14N2O6S/c22-19(21-20-11-12-9-10-17(26-12)28(23,24)25)18-13-5-1-3-7-15(13)27-16-8-4-2-6-14(16)18/h1-11,18H,(H,21,22)(H,23,24,25)/p-1. The number of benzene rings is 2. The first-order chi connectivity index (χ1) is 13.4. The van der Waals surface area contributed by atoms with Gasteiger partial charge < -0.3 is 13.7 Å². The molecule has 2 aromatic carbocycles. The number of furan rings is 1. The summed E-state index contributed by atoms with van der Waals surface area (Å²) in [5, 5.41) is 3.09. The van der Waals surface area contributed by atoms with Gasteiger partial charge in [0.25, 0.3) is 5.91 Å². The van der Waals surface area contributed by atoms with Crippen LogP contribution in [0, 0.1) is 0 Å². The molecule has 9 heteroatoms. The molecule has 0 saturated carbocycles. The summed E-state index contributed by atoms with van der Waals surface area (Å²) in [5.41, 5.74) is 3.82. The predicted octanol–water partition coefficient (Wildman–Crippen LogP) is 2.57. The summed E-state index contributed by atoms with van der Waals surface area (Å²) in [7, 11) is -4.69. The van der Waals surface area contributed by atoms with E-state index in [0.29, 0.717) is 22.6 Å². The Morgan fingerprint density at radius 2 is 1.61 bits per heavy atom. The molecule has 8 nitrogen and oxygen atoms in total. The van der Waals surface area contributed by atoms with E-state index in [9.17, 15) is 17.8 Å². The number of carbonyl (C=O) groups is 1. The Bertz CT molecular complexity index is 1140. The van der Waals surface area contributed by atoms with Crippen molar-refractivity contribution in [3.8, 4) is 11.5 Å². The van der Waals surface area contributed by atoms with Gasteiger partial charge in [-0.15, -0.1) is 0 Å². The first-order valence-corrected chi connectivity index (χ1v) is 9.58. The van der Waals surface area contributed by atoms with E-state index in [1.165, 1.54) is 6.07 Å². The fourth-order valence-corrected chi connectivity index (χ4v) is 3.39. The first-order valence-electron chi connectivity index (χ1n) is 8.18. The molecular formula is C19H13N2O6S-. The molecule has 1 N–H and O–H groups in total. The van der Waals surface area contributed by atoms with E-state index in [2.05, 4.69) is 10.5 Å². The monoisotopic (exact) mass is 397 g/mol. The van der Waals surface area contributed by atoms with E-state index >= 15 is 0 Å². The third-order valence-corrected chi connectivity index (χ3v) is 4.87. The predicted molar refractivity (Wildman–Crippen MR) is 97.2 cm³/mol. The maximum absolute atomic E-state index is 12.8. The lowest BCUT2D eigenvalue weighted by Gasteiger charge is -2.26. The molecule has 0 unspecified atom stereocenters. The van der Waals surface area contributed by atoms with Crippen molar-refractivity contribution in [2.75, 3.05) is 0 Å². The van der Waals surface area contributed by atoms with Crippen LogP contribution in [0.3, 0.4) is 0 Å². The van der Waals surface area contributed by atoms with E-state index in [0.717, 1.165) is 12.3 Å². The quantitative estimate of drug-likeness (QED) is 0.410. The van der Waals surface area contributed by atoms with Crippen molar-refractivity contribution in [3.05, 3.63) is 77.6 Å². The number of hydrogen-bond donors (Lipinski definition) is 1. The highest BCUT2D eigenvalue weighted by Crippen LogP contribution is 2.43. The number of hydrogen-bond acceptors (Lipinski definition) is 7. The number of nitrogens with one attached hydrogen (secondary N) is 1. The average molecular weight is 397 g/mol. The third kappa shape index (κ3) is 3.40. The molecule has 2 heterocycles. The van der Waals surface area contributed by atoms with Crippen molar-refractivity contribution < 1.29 is 26.9 Å². The zero-order chi connectivity index (χ0) is 19.7. The largest absolute Gasteiger partial charge is 0.742 e. The lowest BCUT2D eigenvalue weighted by molar-refractivity contribution is -0.121. The van der Waals surface area contributed by atoms with E-state index in [-0.39, 0.29) is 5.76 Å². The van der Waals surface area contributed by atoms with Gasteiger partial charge in [-0.3, -0.25) is 4.79 Å². The van der Waals surface area contributed by atoms with Crippen LogP contribution in [-0.2, 0) is 14.9 Å². The van der Waals surface area contributed by atoms with E-state index in [4.69, 9.17) is 9.15 Å². The number of ether oxygens (including phenoxy) is 1. The Morgan fingerprint density at radius 1 is 1.00 bits per heavy atom. The van der Waals surface area contributed by atoms with Gasteiger partial charge >= 0.3 is 0 Å². The molecule has 0 fully saturated rings. The Balaban J connectivity index is 1.58. The minimum absolute atomic E-state index is 0.0162. The average Bonchev–Trinajstić information content (AvgIpc) is 3.15. The van der Waals surface area contributed by atoms with Crippen LogP contribution >= 0.6 is 0 Å². The number of rotatable bonds is 4. The zero-order valence-corrected chi connectivity index (χ0v) is 15.0. The van der Waals surface area contributed by atoms with E-state index < -0.39 is 27.0 Å². The summed E-state index contributed by atoms with van der Waals surface area (Å²) in [6.07, 6.45) is 1.11. The molecule has 1 aromatic heterocycles. The van der Waals surface area contributed by atoms with Crippen molar-refractivity contribution in [3.63, 3.8) is 0 Å². The van der Waals surface area contributed by atoms with E-state index in [1.807, 2.05) is 24.3 Å².